The van der Waals surface area contributed by atoms with Gasteiger partial charge >= 0.3 is 0 Å². The van der Waals surface area contributed by atoms with Crippen molar-refractivity contribution in [3.8, 4) is 0 Å². The maximum atomic E-state index is 9.47. The number of nitrogens with zero attached hydrogens (tertiary/aromatic N) is 1. The molecular formula is C9H15NO2. The number of aliphatic hydroxyl groups is 1. The van der Waals surface area contributed by atoms with Crippen LogP contribution in [0.3, 0.4) is 0 Å². The SMILES string of the molecule is CCC(O)C(C)Cc1cnoc1. The molecule has 1 aromatic heterocycles. The minimum atomic E-state index is -0.222. The van der Waals surface area contributed by atoms with Gasteiger partial charge < -0.3 is 9.63 Å². The predicted octanol–water partition coefficient (Wildman–Crippen LogP) is 1.62. The van der Waals surface area contributed by atoms with Gasteiger partial charge in [-0.15, -0.1) is 0 Å². The lowest BCUT2D eigenvalue weighted by molar-refractivity contribution is 0.112. The minimum Gasteiger partial charge on any atom is -0.393 e. The van der Waals surface area contributed by atoms with Crippen LogP contribution in [0.25, 0.3) is 0 Å². The van der Waals surface area contributed by atoms with Gasteiger partial charge in [-0.2, -0.15) is 0 Å². The lowest BCUT2D eigenvalue weighted by atomic mass is 9.96. The van der Waals surface area contributed by atoms with Crippen LogP contribution in [0.15, 0.2) is 17.0 Å². The van der Waals surface area contributed by atoms with Gasteiger partial charge in [0, 0.05) is 5.56 Å². The fourth-order valence-corrected chi connectivity index (χ4v) is 1.24. The monoisotopic (exact) mass is 169 g/mol. The molecule has 12 heavy (non-hydrogen) atoms. The zero-order chi connectivity index (χ0) is 8.97. The number of aromatic nitrogens is 1. The smallest absolute Gasteiger partial charge is 0.126 e. The maximum absolute atomic E-state index is 9.47. The third kappa shape index (κ3) is 2.34. The second-order valence-electron chi connectivity index (χ2n) is 3.19. The van der Waals surface area contributed by atoms with E-state index >= 15 is 0 Å². The summed E-state index contributed by atoms with van der Waals surface area (Å²) in [6.07, 6.45) is 4.72. The molecule has 0 aliphatic heterocycles. The van der Waals surface area contributed by atoms with Crippen LogP contribution in [0.5, 0.6) is 0 Å². The molecule has 0 amide bonds. The van der Waals surface area contributed by atoms with Gasteiger partial charge in [-0.05, 0) is 18.8 Å². The average Bonchev–Trinajstić information content (AvgIpc) is 2.55. The quantitative estimate of drug-likeness (QED) is 0.745. The molecule has 0 fully saturated rings. The molecule has 1 rings (SSSR count). The molecular weight excluding hydrogens is 154 g/mol. The van der Waals surface area contributed by atoms with E-state index in [0.717, 1.165) is 18.4 Å². The Kier molecular flexibility index (Phi) is 3.29. The average molecular weight is 169 g/mol. The first-order valence-corrected chi connectivity index (χ1v) is 4.30. The zero-order valence-corrected chi connectivity index (χ0v) is 7.53. The van der Waals surface area contributed by atoms with Crippen LogP contribution in [0.2, 0.25) is 0 Å². The van der Waals surface area contributed by atoms with Crippen LogP contribution in [0.1, 0.15) is 25.8 Å². The first-order chi connectivity index (χ1) is 5.74. The second kappa shape index (κ2) is 4.26. The highest BCUT2D eigenvalue weighted by atomic mass is 16.5. The fraction of sp³-hybridized carbons (Fsp3) is 0.667. The van der Waals surface area contributed by atoms with Crippen molar-refractivity contribution in [2.24, 2.45) is 5.92 Å². The van der Waals surface area contributed by atoms with E-state index in [1.165, 1.54) is 0 Å². The number of rotatable bonds is 4. The van der Waals surface area contributed by atoms with E-state index in [-0.39, 0.29) is 12.0 Å². The molecule has 0 radical (unpaired) electrons. The Morgan fingerprint density at radius 2 is 2.42 bits per heavy atom. The van der Waals surface area contributed by atoms with Crippen LogP contribution in [-0.2, 0) is 6.42 Å². The third-order valence-corrected chi connectivity index (χ3v) is 2.12. The van der Waals surface area contributed by atoms with Gasteiger partial charge in [-0.1, -0.05) is 19.0 Å². The first-order valence-electron chi connectivity index (χ1n) is 4.30. The van der Waals surface area contributed by atoms with Gasteiger partial charge in [0.05, 0.1) is 12.3 Å². The van der Waals surface area contributed by atoms with E-state index in [1.54, 1.807) is 12.5 Å². The Balaban J connectivity index is 2.41. The van der Waals surface area contributed by atoms with E-state index in [1.807, 2.05) is 13.8 Å². The summed E-state index contributed by atoms with van der Waals surface area (Å²) in [4.78, 5) is 0. The van der Waals surface area contributed by atoms with Crippen molar-refractivity contribution in [2.45, 2.75) is 32.8 Å². The van der Waals surface area contributed by atoms with Crippen molar-refractivity contribution in [3.63, 3.8) is 0 Å². The molecule has 3 nitrogen and oxygen atoms in total. The first kappa shape index (κ1) is 9.26. The lowest BCUT2D eigenvalue weighted by Gasteiger charge is -2.15. The van der Waals surface area contributed by atoms with Crippen LogP contribution >= 0.6 is 0 Å². The number of aliphatic hydroxyl groups excluding tert-OH is 1. The topological polar surface area (TPSA) is 46.3 Å². The van der Waals surface area contributed by atoms with Crippen molar-refractivity contribution in [1.29, 1.82) is 0 Å². The highest BCUT2D eigenvalue weighted by molar-refractivity contribution is 5.01. The zero-order valence-electron chi connectivity index (χ0n) is 7.53. The summed E-state index contributed by atoms with van der Waals surface area (Å²) in [5.41, 5.74) is 1.05. The Bertz CT molecular complexity index is 208. The van der Waals surface area contributed by atoms with E-state index < -0.39 is 0 Å². The summed E-state index contributed by atoms with van der Waals surface area (Å²) in [7, 11) is 0. The standard InChI is InChI=1S/C9H15NO2/c1-3-9(11)7(2)4-8-5-10-12-6-8/h5-7,9,11H,3-4H2,1-2H3. The van der Waals surface area contributed by atoms with Gasteiger partial charge in [-0.25, -0.2) is 0 Å². The summed E-state index contributed by atoms with van der Waals surface area (Å²) >= 11 is 0. The van der Waals surface area contributed by atoms with Gasteiger partial charge in [0.1, 0.15) is 6.26 Å². The van der Waals surface area contributed by atoms with E-state index in [2.05, 4.69) is 5.16 Å². The molecule has 0 spiro atoms. The van der Waals surface area contributed by atoms with Crippen LogP contribution in [0, 0.1) is 5.92 Å². The lowest BCUT2D eigenvalue weighted by Crippen LogP contribution is -2.18. The van der Waals surface area contributed by atoms with Crippen molar-refractivity contribution in [2.75, 3.05) is 0 Å². The summed E-state index contributed by atoms with van der Waals surface area (Å²) in [6, 6.07) is 0. The molecule has 1 aromatic rings. The maximum Gasteiger partial charge on any atom is 0.126 e. The molecule has 2 atom stereocenters. The van der Waals surface area contributed by atoms with Gasteiger partial charge in [0.2, 0.25) is 0 Å². The second-order valence-corrected chi connectivity index (χ2v) is 3.19. The van der Waals surface area contributed by atoms with Crippen LogP contribution < -0.4 is 0 Å². The highest BCUT2D eigenvalue weighted by Gasteiger charge is 2.13. The Morgan fingerprint density at radius 3 is 2.92 bits per heavy atom. The molecule has 0 bridgehead atoms. The molecule has 0 saturated carbocycles. The largest absolute Gasteiger partial charge is 0.393 e. The Morgan fingerprint density at radius 1 is 1.67 bits per heavy atom. The van der Waals surface area contributed by atoms with Crippen LogP contribution in [0.4, 0.5) is 0 Å². The fourth-order valence-electron chi connectivity index (χ4n) is 1.24. The summed E-state index contributed by atoms with van der Waals surface area (Å²) < 4.78 is 4.70. The molecule has 0 aromatic carbocycles. The normalized spacial score (nSPS) is 15.9. The molecule has 0 aliphatic carbocycles. The number of hydrogen-bond donors (Lipinski definition) is 1. The van der Waals surface area contributed by atoms with Crippen molar-refractivity contribution in [3.05, 3.63) is 18.0 Å². The van der Waals surface area contributed by atoms with Gasteiger partial charge in [0.15, 0.2) is 0 Å². The molecule has 1 heterocycles. The van der Waals surface area contributed by atoms with E-state index in [0.29, 0.717) is 0 Å². The molecule has 3 heteroatoms. The molecule has 1 N–H and O–H groups in total. The Hall–Kier alpha value is -0.830. The van der Waals surface area contributed by atoms with Crippen molar-refractivity contribution < 1.29 is 9.63 Å². The molecule has 0 aliphatic rings. The van der Waals surface area contributed by atoms with Crippen molar-refractivity contribution >= 4 is 0 Å². The molecule has 0 saturated heterocycles. The summed E-state index contributed by atoms with van der Waals surface area (Å²) in [6.45, 7) is 4.01. The minimum absolute atomic E-state index is 0.222. The Labute approximate surface area is 72.4 Å². The van der Waals surface area contributed by atoms with Gasteiger partial charge in [0.25, 0.3) is 0 Å². The molecule has 2 unspecified atom stereocenters. The summed E-state index contributed by atoms with van der Waals surface area (Å²) in [5.74, 6) is 0.273. The van der Waals surface area contributed by atoms with E-state index in [4.69, 9.17) is 4.52 Å². The third-order valence-electron chi connectivity index (χ3n) is 2.12. The van der Waals surface area contributed by atoms with E-state index in [9.17, 15) is 5.11 Å². The number of hydrogen-bond acceptors (Lipinski definition) is 3. The van der Waals surface area contributed by atoms with Crippen LogP contribution in [-0.4, -0.2) is 16.4 Å². The summed E-state index contributed by atoms with van der Waals surface area (Å²) in [5, 5.41) is 13.1. The predicted molar refractivity (Wildman–Crippen MR) is 45.7 cm³/mol. The van der Waals surface area contributed by atoms with Crippen molar-refractivity contribution in [1.82, 2.24) is 5.16 Å². The highest BCUT2D eigenvalue weighted by Crippen LogP contribution is 2.13. The van der Waals surface area contributed by atoms with Gasteiger partial charge in [-0.3, -0.25) is 0 Å². The molecule has 68 valence electrons.